The number of hydrogen-bond acceptors (Lipinski definition) is 6. The molecule has 4 aromatic rings. The summed E-state index contributed by atoms with van der Waals surface area (Å²) in [5, 5.41) is 2.98. The zero-order valence-corrected chi connectivity index (χ0v) is 27.1. The van der Waals surface area contributed by atoms with Gasteiger partial charge in [-0.1, -0.05) is 39.1 Å². The largest absolute Gasteiger partial charge is 1.00 e. The normalized spacial score (nSPS) is 11.5. The molecule has 0 aliphatic heterocycles. The second-order valence-electron chi connectivity index (χ2n) is 6.91. The van der Waals surface area contributed by atoms with Gasteiger partial charge in [-0.25, -0.2) is 8.42 Å². The molecule has 0 aliphatic carbocycles. The van der Waals surface area contributed by atoms with Crippen LogP contribution in [0.15, 0.2) is 69.9 Å². The minimum Gasteiger partial charge on any atom is -0.773 e. The van der Waals surface area contributed by atoms with E-state index in [0.717, 1.165) is 42.5 Å². The quantitative estimate of drug-likeness (QED) is 0.185. The van der Waals surface area contributed by atoms with Gasteiger partial charge in [0.15, 0.2) is 9.84 Å². The topological polar surface area (TPSA) is 100 Å². The molecule has 1 atom stereocenters. The van der Waals surface area contributed by atoms with Crippen LogP contribution in [0.5, 0.6) is 0 Å². The van der Waals surface area contributed by atoms with E-state index in [0.29, 0.717) is 0 Å². The van der Waals surface area contributed by atoms with Crippen molar-refractivity contribution in [2.45, 2.75) is 11.1 Å². The first-order valence-electron chi connectivity index (χ1n) is 9.31. The van der Waals surface area contributed by atoms with Crippen LogP contribution in [0.3, 0.4) is 0 Å². The van der Waals surface area contributed by atoms with E-state index < -0.39 is 20.9 Å². The number of halogens is 3. The van der Waals surface area contributed by atoms with Gasteiger partial charge in [-0.3, -0.25) is 14.2 Å². The standard InChI is InChI=1S/C11H10BrNO2S.C10H7Br2N.CH4O2S.Na/c1-16(14,15)7-8-5-9-3-2-4-13-11(9)10(12)6-8;11-6-7-4-8-2-1-3-13-10(8)9(12)5-7;1-4(2)3;/h2-6H,7H2,1H3;1-5H,6H2;1H3,(H,2,3);/q;;;+1/p-1. The number of alkyl halides is 1. The fourth-order valence-corrected chi connectivity index (χ4v) is 5.22. The average Bonchev–Trinajstić information content (AvgIpc) is 2.72. The van der Waals surface area contributed by atoms with E-state index >= 15 is 0 Å². The first-order chi connectivity index (χ1) is 15.5. The Morgan fingerprint density at radius 1 is 0.912 bits per heavy atom. The van der Waals surface area contributed by atoms with Crippen molar-refractivity contribution in [2.75, 3.05) is 12.5 Å². The minimum atomic E-state index is -3.00. The first-order valence-corrected chi connectivity index (χ1v) is 15.6. The average molecular weight is 703 g/mol. The maximum Gasteiger partial charge on any atom is 1.00 e. The van der Waals surface area contributed by atoms with Gasteiger partial charge in [0.05, 0.1) is 16.8 Å². The molecule has 2 heterocycles. The molecule has 0 aliphatic rings. The predicted octanol–water partition coefficient (Wildman–Crippen LogP) is 2.93. The number of hydrogen-bond donors (Lipinski definition) is 0. The summed E-state index contributed by atoms with van der Waals surface area (Å²) in [5.74, 6) is 0.0520. The van der Waals surface area contributed by atoms with Crippen LogP contribution in [-0.2, 0) is 32.0 Å². The Labute approximate surface area is 249 Å². The first kappa shape index (κ1) is 31.8. The molecular formula is C22H20Br3N2NaO4S2. The molecule has 0 amide bonds. The van der Waals surface area contributed by atoms with Gasteiger partial charge in [0.1, 0.15) is 0 Å². The molecular weight excluding hydrogens is 683 g/mol. The van der Waals surface area contributed by atoms with Gasteiger partial charge < -0.3 is 4.55 Å². The molecule has 0 fully saturated rings. The summed E-state index contributed by atoms with van der Waals surface area (Å²) in [7, 11) is -3.00. The van der Waals surface area contributed by atoms with E-state index in [4.69, 9.17) is 8.76 Å². The molecule has 0 spiro atoms. The van der Waals surface area contributed by atoms with Crippen molar-refractivity contribution in [1.82, 2.24) is 9.97 Å². The molecule has 176 valence electrons. The number of pyridine rings is 2. The Morgan fingerprint density at radius 3 is 1.74 bits per heavy atom. The van der Waals surface area contributed by atoms with E-state index in [-0.39, 0.29) is 35.3 Å². The van der Waals surface area contributed by atoms with Crippen molar-refractivity contribution in [3.05, 3.63) is 81.0 Å². The number of fused-ring (bicyclic) bond motifs is 2. The predicted molar refractivity (Wildman–Crippen MR) is 145 cm³/mol. The van der Waals surface area contributed by atoms with Crippen LogP contribution in [0.1, 0.15) is 11.1 Å². The molecule has 4 rings (SSSR count). The van der Waals surface area contributed by atoms with Gasteiger partial charge in [-0.2, -0.15) is 0 Å². The Kier molecular flexibility index (Phi) is 14.1. The molecule has 2 aromatic heterocycles. The zero-order valence-electron chi connectivity index (χ0n) is 18.7. The van der Waals surface area contributed by atoms with Crippen molar-refractivity contribution >= 4 is 90.5 Å². The van der Waals surface area contributed by atoms with Gasteiger partial charge in [-0.15, -0.1) is 0 Å². The summed E-state index contributed by atoms with van der Waals surface area (Å²) >= 11 is 8.48. The third-order valence-corrected chi connectivity index (χ3v) is 6.73. The Hall–Kier alpha value is -0.240. The summed E-state index contributed by atoms with van der Waals surface area (Å²) < 4.78 is 42.3. The maximum absolute atomic E-state index is 11.2. The minimum absolute atomic E-state index is 0. The SMILES string of the molecule is BrCc1cc(Br)c2ncccc2c1.CS(=O)(=O)Cc1cc(Br)c2ncccc2c1.CS(=O)[O-].[Na+]. The second kappa shape index (κ2) is 15.1. The summed E-state index contributed by atoms with van der Waals surface area (Å²) in [4.78, 5) is 8.52. The number of rotatable bonds is 3. The maximum atomic E-state index is 11.2. The molecule has 0 N–H and O–H groups in total. The molecule has 0 bridgehead atoms. The van der Waals surface area contributed by atoms with Crippen LogP contribution in [0, 0.1) is 0 Å². The second-order valence-corrected chi connectivity index (χ2v) is 12.1. The van der Waals surface area contributed by atoms with Crippen LogP contribution in [-0.4, -0.2) is 39.7 Å². The van der Waals surface area contributed by atoms with Gasteiger partial charge >= 0.3 is 29.6 Å². The van der Waals surface area contributed by atoms with Crippen molar-refractivity contribution in [3.63, 3.8) is 0 Å². The monoisotopic (exact) mass is 700 g/mol. The number of aromatic nitrogens is 2. The van der Waals surface area contributed by atoms with Gasteiger partial charge in [0.2, 0.25) is 0 Å². The van der Waals surface area contributed by atoms with Gasteiger partial charge in [0, 0.05) is 43.7 Å². The van der Waals surface area contributed by atoms with E-state index in [1.165, 1.54) is 17.2 Å². The smallest absolute Gasteiger partial charge is 0.773 e. The van der Waals surface area contributed by atoms with Crippen molar-refractivity contribution in [1.29, 1.82) is 0 Å². The number of sulfone groups is 1. The summed E-state index contributed by atoms with van der Waals surface area (Å²) in [6, 6.07) is 15.7. The van der Waals surface area contributed by atoms with Crippen molar-refractivity contribution in [2.24, 2.45) is 0 Å². The molecule has 12 heteroatoms. The molecule has 0 radical (unpaired) electrons. The van der Waals surface area contributed by atoms with E-state index in [1.807, 2.05) is 24.3 Å². The van der Waals surface area contributed by atoms with Crippen LogP contribution >= 0.6 is 47.8 Å². The van der Waals surface area contributed by atoms with Crippen LogP contribution in [0.4, 0.5) is 0 Å². The third-order valence-electron chi connectivity index (χ3n) is 4.02. The van der Waals surface area contributed by atoms with Gasteiger partial charge in [-0.05, 0) is 85.6 Å². The van der Waals surface area contributed by atoms with Gasteiger partial charge in [0.25, 0.3) is 0 Å². The molecule has 2 aromatic carbocycles. The summed E-state index contributed by atoms with van der Waals surface area (Å²) in [5.41, 5.74) is 3.90. The number of nitrogens with zero attached hydrogens (tertiary/aromatic N) is 2. The Morgan fingerprint density at radius 2 is 1.32 bits per heavy atom. The van der Waals surface area contributed by atoms with Crippen molar-refractivity contribution in [3.8, 4) is 0 Å². The molecule has 34 heavy (non-hydrogen) atoms. The van der Waals surface area contributed by atoms with Crippen LogP contribution < -0.4 is 29.6 Å². The van der Waals surface area contributed by atoms with Crippen LogP contribution in [0.2, 0.25) is 0 Å². The molecule has 0 saturated heterocycles. The summed E-state index contributed by atoms with van der Waals surface area (Å²) in [6.07, 6.45) is 5.83. The van der Waals surface area contributed by atoms with Crippen LogP contribution in [0.25, 0.3) is 21.8 Å². The Bertz CT molecular complexity index is 1390. The van der Waals surface area contributed by atoms with E-state index in [9.17, 15) is 8.42 Å². The molecule has 0 saturated carbocycles. The van der Waals surface area contributed by atoms with Crippen molar-refractivity contribution < 1.29 is 46.7 Å². The fourth-order valence-electron chi connectivity index (χ4n) is 2.88. The fraction of sp³-hybridized carbons (Fsp3) is 0.182. The Balaban J connectivity index is 0.000000291. The third kappa shape index (κ3) is 10.8. The summed E-state index contributed by atoms with van der Waals surface area (Å²) in [6.45, 7) is 0. The zero-order chi connectivity index (χ0) is 24.6. The van der Waals surface area contributed by atoms with E-state index in [1.54, 1.807) is 18.5 Å². The molecule has 6 nitrogen and oxygen atoms in total. The number of benzene rings is 2. The van der Waals surface area contributed by atoms with E-state index in [2.05, 4.69) is 76.0 Å². The molecule has 1 unspecified atom stereocenters.